The zero-order chi connectivity index (χ0) is 79.4. The summed E-state index contributed by atoms with van der Waals surface area (Å²) in [6, 6.07) is 35.4. The van der Waals surface area contributed by atoms with Crippen molar-refractivity contribution in [2.24, 2.45) is 47.3 Å². The van der Waals surface area contributed by atoms with E-state index in [0.717, 1.165) is 129 Å². The summed E-state index contributed by atoms with van der Waals surface area (Å²) in [5.41, 5.74) is 4.41. The summed E-state index contributed by atoms with van der Waals surface area (Å²) in [5, 5.41) is 7.19. The minimum absolute atomic E-state index is 0.518. The predicted octanol–water partition coefficient (Wildman–Crippen LogP) is 32.5. The number of hydrogen-bond donors (Lipinski definition) is 0. The molecule has 7 aromatic rings. The van der Waals surface area contributed by atoms with E-state index in [1.807, 2.05) is 0 Å². The van der Waals surface area contributed by atoms with Gasteiger partial charge in [-0.3, -0.25) is 0 Å². The minimum atomic E-state index is 0.518. The summed E-state index contributed by atoms with van der Waals surface area (Å²) < 4.78 is 55.8. The molecule has 0 heterocycles. The van der Waals surface area contributed by atoms with E-state index in [1.54, 1.807) is 0 Å². The van der Waals surface area contributed by atoms with E-state index in [-0.39, 0.29) is 0 Å². The molecule has 0 aromatic heterocycles. The smallest absolute Gasteiger partial charge is 0.161 e. The molecule has 0 aliphatic carbocycles. The van der Waals surface area contributed by atoms with Gasteiger partial charge in [-0.25, -0.2) is 0 Å². The zero-order valence-electron chi connectivity index (χ0n) is 72.2. The largest absolute Gasteiger partial charge is 0.489 e. The van der Waals surface area contributed by atoms with Gasteiger partial charge in [0, 0.05) is 8.95 Å². The molecule has 10 heteroatoms. The third kappa shape index (κ3) is 30.1. The van der Waals surface area contributed by atoms with Crippen molar-refractivity contribution >= 4 is 64.2 Å². The number of fused-ring (bicyclic) bond motifs is 6. The van der Waals surface area contributed by atoms with Crippen molar-refractivity contribution in [3.05, 3.63) is 106 Å². The van der Waals surface area contributed by atoms with E-state index in [1.165, 1.54) is 186 Å². The third-order valence-corrected chi connectivity index (χ3v) is 25.5. The molecule has 7 aromatic carbocycles. The second-order valence-electron chi connectivity index (χ2n) is 32.2. The summed E-state index contributed by atoms with van der Waals surface area (Å²) in [6.45, 7) is 42.1. The Bertz CT molecular complexity index is 3420. The number of ether oxygens (including phenoxy) is 8. The Balaban J connectivity index is 0.000000344. The van der Waals surface area contributed by atoms with E-state index in [9.17, 15) is 0 Å². The van der Waals surface area contributed by atoms with Crippen LogP contribution in [0.25, 0.3) is 54.6 Å². The first kappa shape index (κ1) is 93.5. The monoisotopic (exact) mass is 1640 g/mol. The van der Waals surface area contributed by atoms with Crippen LogP contribution in [0, 0.1) is 47.3 Å². The SMILES string of the molecule is CCCCC(CC)COc1cc2c3ccccc3c3cc(OCC(CC)CCCC)c(OCC(CC)CCCC)cc3c2cc1OCC(CC)CCCC.CCCCC(CC)COc1ccc(-c2cc(Br)c(Br)cc2-c2ccc(OCC(CC)CCCC)c(OCC(CC)CCCC)c2)cc1OCC(CC)CCCC. The van der Waals surface area contributed by atoms with Gasteiger partial charge >= 0.3 is 0 Å². The van der Waals surface area contributed by atoms with Gasteiger partial charge < -0.3 is 37.9 Å². The molecule has 0 saturated heterocycles. The van der Waals surface area contributed by atoms with Gasteiger partial charge in [-0.2, -0.15) is 0 Å². The van der Waals surface area contributed by atoms with Gasteiger partial charge in [-0.05, 0) is 246 Å². The van der Waals surface area contributed by atoms with Crippen molar-refractivity contribution in [2.45, 2.75) is 316 Å². The van der Waals surface area contributed by atoms with Gasteiger partial charge in [0.15, 0.2) is 46.0 Å². The maximum atomic E-state index is 6.82. The molecule has 8 nitrogen and oxygen atoms in total. The molecule has 614 valence electrons. The van der Waals surface area contributed by atoms with Crippen LogP contribution in [0.1, 0.15) is 316 Å². The summed E-state index contributed by atoms with van der Waals surface area (Å²) in [5.74, 6) is 11.0. The van der Waals surface area contributed by atoms with Gasteiger partial charge in [0.1, 0.15) is 0 Å². The average molecular weight is 1640 g/mol. The third-order valence-electron chi connectivity index (χ3n) is 23.7. The Morgan fingerprint density at radius 2 is 0.409 bits per heavy atom. The van der Waals surface area contributed by atoms with Crippen LogP contribution in [0.2, 0.25) is 0 Å². The lowest BCUT2D eigenvalue weighted by atomic mass is 9.93. The molecule has 0 saturated carbocycles. The fourth-order valence-electron chi connectivity index (χ4n) is 15.1. The van der Waals surface area contributed by atoms with E-state index in [4.69, 9.17) is 37.9 Å². The predicted molar refractivity (Wildman–Crippen MR) is 482 cm³/mol. The van der Waals surface area contributed by atoms with Gasteiger partial charge in [0.05, 0.1) is 52.9 Å². The molecule has 0 bridgehead atoms. The van der Waals surface area contributed by atoms with Crippen molar-refractivity contribution in [3.8, 4) is 68.2 Å². The lowest BCUT2D eigenvalue weighted by Gasteiger charge is -2.23. The highest BCUT2D eigenvalue weighted by Gasteiger charge is 2.24. The fraction of sp³-hybridized carbons (Fsp3) is 0.640. The molecule has 0 N–H and O–H groups in total. The van der Waals surface area contributed by atoms with Crippen molar-refractivity contribution in [3.63, 3.8) is 0 Å². The molecule has 7 rings (SSSR count). The number of rotatable bonds is 58. The minimum Gasteiger partial charge on any atom is -0.489 e. The molecular formula is C100H152Br2O8. The van der Waals surface area contributed by atoms with E-state index in [2.05, 4.69) is 240 Å². The highest BCUT2D eigenvalue weighted by Crippen LogP contribution is 2.48. The first-order valence-electron chi connectivity index (χ1n) is 44.9. The normalized spacial score (nSPS) is 13.8. The van der Waals surface area contributed by atoms with E-state index < -0.39 is 0 Å². The van der Waals surface area contributed by atoms with E-state index in [0.29, 0.717) is 100 Å². The Labute approximate surface area is 688 Å². The number of benzene rings is 7. The quantitative estimate of drug-likeness (QED) is 0.0349. The van der Waals surface area contributed by atoms with Crippen LogP contribution in [-0.4, -0.2) is 52.9 Å². The van der Waals surface area contributed by atoms with Crippen molar-refractivity contribution < 1.29 is 37.9 Å². The molecule has 0 aliphatic rings. The fourth-order valence-corrected chi connectivity index (χ4v) is 15.8. The van der Waals surface area contributed by atoms with Crippen LogP contribution in [0.4, 0.5) is 0 Å². The molecule has 0 amide bonds. The standard InChI is InChI=1S/C50H76Br2O4.C50H76O4/c1-9-17-21-37(13-5)33-53-47-27-25-41(29-49(47)55-35-39(15-7)23-19-11-3)43-31-45(51)46(52)32-44(43)42-26-28-48(54-34-38(14-6)22-18-10-2)50(30-42)56-36-40(16-8)24-20-12-4;1-9-17-23-37(13-5)33-51-47-29-43-41-27-21-22-28-42(41)44-30-48(52-34-38(14-6)24-18-10-2)50(54-36-40(16-8)26-20-12-4)32-46(44)45(43)31-49(47)53-35-39(15-7)25-19-11-3/h25-32,37-40H,9-24,33-36H2,1-8H3;21-22,27-32,37-40H,9-20,23-26,33-36H2,1-8H3. The second kappa shape index (κ2) is 53.7. The summed E-state index contributed by atoms with van der Waals surface area (Å²) in [4.78, 5) is 0. The Morgan fingerprint density at radius 3 is 0.609 bits per heavy atom. The maximum Gasteiger partial charge on any atom is 0.161 e. The molecule has 8 unspecified atom stereocenters. The lowest BCUT2D eigenvalue weighted by Crippen LogP contribution is -2.14. The highest BCUT2D eigenvalue weighted by molar-refractivity contribution is 9.13. The van der Waals surface area contributed by atoms with Crippen LogP contribution in [0.5, 0.6) is 46.0 Å². The highest BCUT2D eigenvalue weighted by atomic mass is 79.9. The summed E-state index contributed by atoms with van der Waals surface area (Å²) in [7, 11) is 0. The maximum absolute atomic E-state index is 6.82. The van der Waals surface area contributed by atoms with Gasteiger partial charge in [-0.1, -0.05) is 301 Å². The Morgan fingerprint density at radius 1 is 0.218 bits per heavy atom. The van der Waals surface area contributed by atoms with Crippen molar-refractivity contribution in [1.29, 1.82) is 0 Å². The number of halogens is 2. The first-order valence-corrected chi connectivity index (χ1v) is 46.5. The Hall–Kier alpha value is -5.32. The molecule has 0 radical (unpaired) electrons. The number of hydrogen-bond acceptors (Lipinski definition) is 8. The summed E-state index contributed by atoms with van der Waals surface area (Å²) >= 11 is 7.68. The molecule has 0 aliphatic heterocycles. The molecule has 0 fully saturated rings. The molecular weight excluding hydrogens is 1490 g/mol. The summed E-state index contributed by atoms with van der Waals surface area (Å²) in [6.07, 6.45) is 38.0. The average Bonchev–Trinajstić information content (AvgIpc) is 0.739. The number of unbranched alkanes of at least 4 members (excludes halogenated alkanes) is 8. The first-order chi connectivity index (χ1) is 53.7. The molecule has 110 heavy (non-hydrogen) atoms. The van der Waals surface area contributed by atoms with Crippen LogP contribution in [0.3, 0.4) is 0 Å². The van der Waals surface area contributed by atoms with Crippen LogP contribution in [-0.2, 0) is 0 Å². The Kier molecular flexibility index (Phi) is 45.7. The van der Waals surface area contributed by atoms with Gasteiger partial charge in [0.25, 0.3) is 0 Å². The second-order valence-corrected chi connectivity index (χ2v) is 33.9. The zero-order valence-corrected chi connectivity index (χ0v) is 75.3. The van der Waals surface area contributed by atoms with Crippen LogP contribution in [0.15, 0.2) is 106 Å². The van der Waals surface area contributed by atoms with E-state index >= 15 is 0 Å². The topological polar surface area (TPSA) is 73.8 Å². The molecule has 8 atom stereocenters. The van der Waals surface area contributed by atoms with Crippen LogP contribution < -0.4 is 37.9 Å². The van der Waals surface area contributed by atoms with Crippen LogP contribution >= 0.6 is 31.9 Å². The van der Waals surface area contributed by atoms with Gasteiger partial charge in [0.2, 0.25) is 0 Å². The lowest BCUT2D eigenvalue weighted by molar-refractivity contribution is 0.199. The van der Waals surface area contributed by atoms with Crippen molar-refractivity contribution in [2.75, 3.05) is 52.9 Å². The van der Waals surface area contributed by atoms with Crippen molar-refractivity contribution in [1.82, 2.24) is 0 Å². The van der Waals surface area contributed by atoms with Gasteiger partial charge in [-0.15, -0.1) is 0 Å². The molecule has 0 spiro atoms.